The van der Waals surface area contributed by atoms with E-state index in [0.717, 1.165) is 8.66 Å². The zero-order valence-electron chi connectivity index (χ0n) is 7.04. The number of rotatable bonds is 2. The molecule has 0 aliphatic carbocycles. The summed E-state index contributed by atoms with van der Waals surface area (Å²) in [5, 5.41) is 9.24. The highest BCUT2D eigenvalue weighted by Crippen LogP contribution is 2.31. The summed E-state index contributed by atoms with van der Waals surface area (Å²) in [6.07, 6.45) is -0.491. The van der Waals surface area contributed by atoms with Gasteiger partial charge in [0.05, 0.1) is 15.9 Å². The predicted octanol–water partition coefficient (Wildman–Crippen LogP) is 2.20. The molecular weight excluding hydrogens is 238 g/mol. The van der Waals surface area contributed by atoms with Crippen LogP contribution in [0.1, 0.15) is 23.4 Å². The molecule has 1 heterocycles. The molecule has 0 fully saturated rings. The van der Waals surface area contributed by atoms with Gasteiger partial charge in [0.1, 0.15) is 0 Å². The lowest BCUT2D eigenvalue weighted by molar-refractivity contribution is 0.165. The zero-order chi connectivity index (χ0) is 9.30. The Balaban J connectivity index is 2.89. The van der Waals surface area contributed by atoms with Crippen LogP contribution in [0.4, 0.5) is 0 Å². The fraction of sp³-hybridized carbons (Fsp3) is 0.500. The SMILES string of the molecule is Cc1cc([C@@H](N)[C@H](C)O)sc1Br. The first-order valence-electron chi connectivity index (χ1n) is 3.72. The van der Waals surface area contributed by atoms with Gasteiger partial charge in [-0.3, -0.25) is 0 Å². The smallest absolute Gasteiger partial charge is 0.0731 e. The van der Waals surface area contributed by atoms with Crippen LogP contribution in [0, 0.1) is 6.92 Å². The van der Waals surface area contributed by atoms with Gasteiger partial charge in [0, 0.05) is 4.88 Å². The van der Waals surface area contributed by atoms with Crippen LogP contribution < -0.4 is 5.73 Å². The summed E-state index contributed by atoms with van der Waals surface area (Å²) < 4.78 is 1.09. The van der Waals surface area contributed by atoms with Gasteiger partial charge in [-0.1, -0.05) is 0 Å². The lowest BCUT2D eigenvalue weighted by Gasteiger charge is -2.11. The normalized spacial score (nSPS) is 16.1. The highest BCUT2D eigenvalue weighted by molar-refractivity contribution is 9.11. The maximum atomic E-state index is 9.24. The fourth-order valence-corrected chi connectivity index (χ4v) is 2.56. The maximum Gasteiger partial charge on any atom is 0.0731 e. The van der Waals surface area contributed by atoms with Crippen LogP contribution in [-0.4, -0.2) is 11.2 Å². The number of nitrogens with two attached hydrogens (primary N) is 1. The Labute approximate surface area is 84.5 Å². The van der Waals surface area contributed by atoms with E-state index >= 15 is 0 Å². The Morgan fingerprint density at radius 2 is 2.25 bits per heavy atom. The van der Waals surface area contributed by atoms with E-state index in [-0.39, 0.29) is 6.04 Å². The summed E-state index contributed by atoms with van der Waals surface area (Å²) in [7, 11) is 0. The molecule has 68 valence electrons. The molecule has 0 aromatic carbocycles. The van der Waals surface area contributed by atoms with Crippen LogP contribution in [0.25, 0.3) is 0 Å². The van der Waals surface area contributed by atoms with Crippen LogP contribution in [0.15, 0.2) is 9.85 Å². The van der Waals surface area contributed by atoms with Crippen LogP contribution in [0.2, 0.25) is 0 Å². The molecule has 0 aliphatic rings. The third-order valence-electron chi connectivity index (χ3n) is 1.72. The van der Waals surface area contributed by atoms with E-state index in [1.807, 2.05) is 13.0 Å². The predicted molar refractivity (Wildman–Crippen MR) is 55.4 cm³/mol. The summed E-state index contributed by atoms with van der Waals surface area (Å²) in [4.78, 5) is 1.02. The lowest BCUT2D eigenvalue weighted by atomic mass is 10.1. The number of halogens is 1. The molecule has 1 rings (SSSR count). The maximum absolute atomic E-state index is 9.24. The second-order valence-electron chi connectivity index (χ2n) is 2.87. The summed E-state index contributed by atoms with van der Waals surface area (Å²) in [5.74, 6) is 0. The summed E-state index contributed by atoms with van der Waals surface area (Å²) >= 11 is 5.00. The molecule has 0 unspecified atom stereocenters. The molecule has 0 amide bonds. The Morgan fingerprint density at radius 1 is 1.67 bits per heavy atom. The van der Waals surface area contributed by atoms with Crippen LogP contribution in [-0.2, 0) is 0 Å². The Morgan fingerprint density at radius 3 is 2.58 bits per heavy atom. The van der Waals surface area contributed by atoms with Gasteiger partial charge in [0.25, 0.3) is 0 Å². The molecular formula is C8H12BrNOS. The molecule has 2 atom stereocenters. The minimum atomic E-state index is -0.491. The van der Waals surface area contributed by atoms with Crippen molar-refractivity contribution in [2.45, 2.75) is 26.0 Å². The quantitative estimate of drug-likeness (QED) is 0.845. The van der Waals surface area contributed by atoms with Crippen molar-refractivity contribution in [1.82, 2.24) is 0 Å². The van der Waals surface area contributed by atoms with Gasteiger partial charge in [0.15, 0.2) is 0 Å². The summed E-state index contributed by atoms with van der Waals surface area (Å²) in [6.45, 7) is 3.71. The Hall–Kier alpha value is 0.100. The first-order valence-corrected chi connectivity index (χ1v) is 5.32. The number of hydrogen-bond acceptors (Lipinski definition) is 3. The van der Waals surface area contributed by atoms with Crippen molar-refractivity contribution in [3.63, 3.8) is 0 Å². The second-order valence-corrected chi connectivity index (χ2v) is 5.27. The molecule has 2 nitrogen and oxygen atoms in total. The van der Waals surface area contributed by atoms with E-state index in [1.54, 1.807) is 18.3 Å². The first kappa shape index (κ1) is 10.2. The largest absolute Gasteiger partial charge is 0.391 e. The van der Waals surface area contributed by atoms with Crippen LogP contribution in [0.5, 0.6) is 0 Å². The highest BCUT2D eigenvalue weighted by atomic mass is 79.9. The summed E-state index contributed by atoms with van der Waals surface area (Å²) in [5.41, 5.74) is 6.93. The molecule has 0 bridgehead atoms. The minimum Gasteiger partial charge on any atom is -0.391 e. The lowest BCUT2D eigenvalue weighted by Crippen LogP contribution is -2.21. The zero-order valence-corrected chi connectivity index (χ0v) is 9.45. The third-order valence-corrected chi connectivity index (χ3v) is 3.96. The van der Waals surface area contributed by atoms with E-state index in [4.69, 9.17) is 5.73 Å². The van der Waals surface area contributed by atoms with E-state index in [0.29, 0.717) is 0 Å². The average molecular weight is 250 g/mol. The molecule has 0 saturated heterocycles. The molecule has 1 aromatic heterocycles. The van der Waals surface area contributed by atoms with Crippen LogP contribution >= 0.6 is 27.3 Å². The van der Waals surface area contributed by atoms with Crippen molar-refractivity contribution in [2.24, 2.45) is 5.73 Å². The molecule has 1 aromatic rings. The van der Waals surface area contributed by atoms with Gasteiger partial charge in [-0.2, -0.15) is 0 Å². The van der Waals surface area contributed by atoms with Crippen molar-refractivity contribution in [1.29, 1.82) is 0 Å². The molecule has 0 saturated carbocycles. The Kier molecular flexibility index (Phi) is 3.29. The number of hydrogen-bond donors (Lipinski definition) is 2. The standard InChI is InChI=1S/C8H12BrNOS/c1-4-3-6(12-8(4)9)7(10)5(2)11/h3,5,7,11H,10H2,1-2H3/t5-,7-/m0/s1. The van der Waals surface area contributed by atoms with Gasteiger partial charge in [-0.05, 0) is 41.4 Å². The van der Waals surface area contributed by atoms with Gasteiger partial charge in [-0.25, -0.2) is 0 Å². The molecule has 4 heteroatoms. The second kappa shape index (κ2) is 3.87. The van der Waals surface area contributed by atoms with Crippen molar-refractivity contribution in [3.05, 3.63) is 20.3 Å². The number of aryl methyl sites for hydroxylation is 1. The number of aliphatic hydroxyl groups excluding tert-OH is 1. The van der Waals surface area contributed by atoms with Crippen molar-refractivity contribution in [2.75, 3.05) is 0 Å². The van der Waals surface area contributed by atoms with E-state index in [1.165, 1.54) is 5.56 Å². The molecule has 0 radical (unpaired) electrons. The fourth-order valence-electron chi connectivity index (χ4n) is 0.886. The monoisotopic (exact) mass is 249 g/mol. The highest BCUT2D eigenvalue weighted by Gasteiger charge is 2.15. The molecule has 0 aliphatic heterocycles. The third kappa shape index (κ3) is 2.07. The van der Waals surface area contributed by atoms with E-state index in [2.05, 4.69) is 15.9 Å². The molecule has 3 N–H and O–H groups in total. The Bertz CT molecular complexity index is 253. The first-order chi connectivity index (χ1) is 5.52. The summed E-state index contributed by atoms with van der Waals surface area (Å²) in [6, 6.07) is 1.74. The van der Waals surface area contributed by atoms with E-state index in [9.17, 15) is 5.11 Å². The van der Waals surface area contributed by atoms with Crippen molar-refractivity contribution >= 4 is 27.3 Å². The molecule has 12 heavy (non-hydrogen) atoms. The van der Waals surface area contributed by atoms with Crippen molar-refractivity contribution in [3.8, 4) is 0 Å². The van der Waals surface area contributed by atoms with Crippen LogP contribution in [0.3, 0.4) is 0 Å². The van der Waals surface area contributed by atoms with Gasteiger partial charge in [-0.15, -0.1) is 11.3 Å². The molecule has 0 spiro atoms. The minimum absolute atomic E-state index is 0.264. The van der Waals surface area contributed by atoms with Gasteiger partial charge in [0.2, 0.25) is 0 Å². The topological polar surface area (TPSA) is 46.2 Å². The van der Waals surface area contributed by atoms with E-state index < -0.39 is 6.10 Å². The van der Waals surface area contributed by atoms with Crippen molar-refractivity contribution < 1.29 is 5.11 Å². The number of thiophene rings is 1. The van der Waals surface area contributed by atoms with Gasteiger partial charge >= 0.3 is 0 Å². The van der Waals surface area contributed by atoms with Gasteiger partial charge < -0.3 is 10.8 Å². The average Bonchev–Trinajstić information content (AvgIpc) is 2.30. The number of aliphatic hydroxyl groups is 1.